The van der Waals surface area contributed by atoms with Crippen LogP contribution < -0.4 is 5.32 Å². The topological polar surface area (TPSA) is 88.8 Å². The van der Waals surface area contributed by atoms with Crippen LogP contribution in [0.15, 0.2) is 22.8 Å². The van der Waals surface area contributed by atoms with E-state index in [1.54, 1.807) is 18.4 Å². The Balaban J connectivity index is 1.92. The van der Waals surface area contributed by atoms with E-state index >= 15 is 0 Å². The Bertz CT molecular complexity index is 511. The van der Waals surface area contributed by atoms with Gasteiger partial charge in [-0.25, -0.2) is 0 Å². The van der Waals surface area contributed by atoms with Crippen molar-refractivity contribution in [2.75, 3.05) is 13.2 Å². The van der Waals surface area contributed by atoms with Crippen LogP contribution in [0.2, 0.25) is 0 Å². The van der Waals surface area contributed by atoms with Crippen LogP contribution in [0.25, 0.3) is 0 Å². The normalized spacial score (nSPS) is 22.2. The molecule has 0 bridgehead atoms. The quantitative estimate of drug-likeness (QED) is 0.767. The van der Waals surface area contributed by atoms with E-state index in [-0.39, 0.29) is 17.9 Å². The predicted molar refractivity (Wildman–Crippen MR) is 83.7 cm³/mol. The second-order valence-electron chi connectivity index (χ2n) is 6.55. The van der Waals surface area contributed by atoms with Gasteiger partial charge in [-0.1, -0.05) is 13.8 Å². The molecule has 3 atom stereocenters. The van der Waals surface area contributed by atoms with Crippen LogP contribution in [0.5, 0.6) is 0 Å². The zero-order chi connectivity index (χ0) is 16.8. The molecule has 1 aliphatic carbocycles. The molecule has 0 aromatic carbocycles. The van der Waals surface area contributed by atoms with Crippen LogP contribution in [0.4, 0.5) is 0 Å². The average molecular weight is 323 g/mol. The number of ether oxygens (including phenoxy) is 1. The van der Waals surface area contributed by atoms with Crippen LogP contribution in [0.1, 0.15) is 44.9 Å². The molecule has 2 rings (SSSR count). The molecule has 128 valence electrons. The fourth-order valence-corrected chi connectivity index (χ4v) is 2.84. The molecular weight excluding hydrogens is 298 g/mol. The van der Waals surface area contributed by atoms with Gasteiger partial charge in [0.2, 0.25) is 5.91 Å². The van der Waals surface area contributed by atoms with Crippen molar-refractivity contribution >= 4 is 11.9 Å². The van der Waals surface area contributed by atoms with Crippen LogP contribution >= 0.6 is 0 Å². The Morgan fingerprint density at radius 1 is 1.35 bits per heavy atom. The van der Waals surface area contributed by atoms with Crippen molar-refractivity contribution in [3.63, 3.8) is 0 Å². The van der Waals surface area contributed by atoms with Crippen molar-refractivity contribution < 1.29 is 23.8 Å². The molecule has 1 unspecified atom stereocenters. The van der Waals surface area contributed by atoms with Gasteiger partial charge >= 0.3 is 5.97 Å². The van der Waals surface area contributed by atoms with Gasteiger partial charge in [-0.3, -0.25) is 9.59 Å². The standard InChI is InChI=1S/C17H25NO5/c1-11(2)9-22-10-14(15-4-3-7-23-15)18-16(19)12-5-6-13(8-12)17(20)21/h3-4,7,11-14H,5-6,8-10H2,1-2H3,(H,18,19)(H,20,21)/t12-,13+,14?/m1/s1. The molecule has 1 aromatic rings. The largest absolute Gasteiger partial charge is 0.481 e. The molecule has 1 saturated carbocycles. The second kappa shape index (κ2) is 8.15. The van der Waals surface area contributed by atoms with Crippen LogP contribution in [0, 0.1) is 17.8 Å². The molecule has 2 N–H and O–H groups in total. The molecule has 1 heterocycles. The number of nitrogens with one attached hydrogen (secondary N) is 1. The first-order valence-electron chi connectivity index (χ1n) is 8.11. The van der Waals surface area contributed by atoms with Gasteiger partial charge in [0.05, 0.1) is 18.8 Å². The minimum Gasteiger partial charge on any atom is -0.481 e. The highest BCUT2D eigenvalue weighted by Gasteiger charge is 2.34. The van der Waals surface area contributed by atoms with Crippen molar-refractivity contribution in [1.82, 2.24) is 5.32 Å². The minimum absolute atomic E-state index is 0.122. The Hall–Kier alpha value is -1.82. The molecule has 0 spiro atoms. The molecule has 1 amide bonds. The summed E-state index contributed by atoms with van der Waals surface area (Å²) in [6.07, 6.45) is 3.13. The molecule has 6 heteroatoms. The summed E-state index contributed by atoms with van der Waals surface area (Å²) < 4.78 is 11.0. The smallest absolute Gasteiger partial charge is 0.306 e. The molecule has 0 aliphatic heterocycles. The number of amides is 1. The lowest BCUT2D eigenvalue weighted by Crippen LogP contribution is -2.35. The number of hydrogen-bond acceptors (Lipinski definition) is 4. The SMILES string of the molecule is CC(C)COCC(NC(=O)[C@@H]1CC[C@H](C(=O)O)C1)c1ccco1. The van der Waals surface area contributed by atoms with Crippen LogP contribution in [0.3, 0.4) is 0 Å². The van der Waals surface area contributed by atoms with E-state index in [0.29, 0.717) is 44.2 Å². The third kappa shape index (κ3) is 5.10. The summed E-state index contributed by atoms with van der Waals surface area (Å²) in [5.74, 6) is -0.542. The first kappa shape index (κ1) is 17.5. The van der Waals surface area contributed by atoms with E-state index in [4.69, 9.17) is 14.3 Å². The summed E-state index contributed by atoms with van der Waals surface area (Å²) >= 11 is 0. The highest BCUT2D eigenvalue weighted by atomic mass is 16.5. The number of carboxylic acid groups (broad SMARTS) is 1. The maximum Gasteiger partial charge on any atom is 0.306 e. The molecule has 23 heavy (non-hydrogen) atoms. The molecule has 1 aliphatic rings. The molecule has 1 aromatic heterocycles. The fourth-order valence-electron chi connectivity index (χ4n) is 2.84. The highest BCUT2D eigenvalue weighted by molar-refractivity contribution is 5.81. The average Bonchev–Trinajstić information content (AvgIpc) is 3.17. The Kier molecular flexibility index (Phi) is 6.21. The van der Waals surface area contributed by atoms with E-state index in [9.17, 15) is 9.59 Å². The summed E-state index contributed by atoms with van der Waals surface area (Å²) in [7, 11) is 0. The predicted octanol–water partition coefficient (Wildman–Crippen LogP) is 2.61. The lowest BCUT2D eigenvalue weighted by atomic mass is 10.0. The Labute approximate surface area is 136 Å². The van der Waals surface area contributed by atoms with Crippen molar-refractivity contribution in [2.24, 2.45) is 17.8 Å². The number of aliphatic carboxylic acids is 1. The van der Waals surface area contributed by atoms with Gasteiger partial charge in [-0.15, -0.1) is 0 Å². The van der Waals surface area contributed by atoms with Gasteiger partial charge in [0, 0.05) is 12.5 Å². The van der Waals surface area contributed by atoms with Crippen molar-refractivity contribution in [3.8, 4) is 0 Å². The van der Waals surface area contributed by atoms with Crippen molar-refractivity contribution in [2.45, 2.75) is 39.2 Å². The fraction of sp³-hybridized carbons (Fsp3) is 0.647. The number of carbonyl (C=O) groups is 2. The van der Waals surface area contributed by atoms with Gasteiger partial charge < -0.3 is 19.6 Å². The third-order valence-corrected chi connectivity index (χ3v) is 4.09. The van der Waals surface area contributed by atoms with Crippen molar-refractivity contribution in [3.05, 3.63) is 24.2 Å². The molecule has 0 radical (unpaired) electrons. The summed E-state index contributed by atoms with van der Waals surface area (Å²) in [6.45, 7) is 5.07. The van der Waals surface area contributed by atoms with Crippen LogP contribution in [-0.4, -0.2) is 30.2 Å². The molecular formula is C17H25NO5. The van der Waals surface area contributed by atoms with E-state index < -0.39 is 11.9 Å². The van der Waals surface area contributed by atoms with E-state index in [1.165, 1.54) is 0 Å². The van der Waals surface area contributed by atoms with Crippen LogP contribution in [-0.2, 0) is 14.3 Å². The van der Waals surface area contributed by atoms with Crippen molar-refractivity contribution in [1.29, 1.82) is 0 Å². The lowest BCUT2D eigenvalue weighted by molar-refractivity contribution is -0.141. The summed E-state index contributed by atoms with van der Waals surface area (Å²) in [5.41, 5.74) is 0. The molecule has 0 saturated heterocycles. The summed E-state index contributed by atoms with van der Waals surface area (Å²) in [4.78, 5) is 23.4. The maximum atomic E-state index is 12.4. The van der Waals surface area contributed by atoms with Gasteiger partial charge in [-0.05, 0) is 37.3 Å². The first-order valence-corrected chi connectivity index (χ1v) is 8.11. The number of furan rings is 1. The minimum atomic E-state index is -0.817. The summed E-state index contributed by atoms with van der Waals surface area (Å²) in [5, 5.41) is 12.0. The van der Waals surface area contributed by atoms with E-state index in [1.807, 2.05) is 0 Å². The van der Waals surface area contributed by atoms with Gasteiger partial charge in [0.15, 0.2) is 0 Å². The highest BCUT2D eigenvalue weighted by Crippen LogP contribution is 2.31. The van der Waals surface area contributed by atoms with E-state index in [0.717, 1.165) is 0 Å². The number of carboxylic acids is 1. The van der Waals surface area contributed by atoms with Gasteiger partial charge in [0.1, 0.15) is 11.8 Å². The molecule has 6 nitrogen and oxygen atoms in total. The zero-order valence-electron chi connectivity index (χ0n) is 13.7. The zero-order valence-corrected chi connectivity index (χ0v) is 13.7. The van der Waals surface area contributed by atoms with Gasteiger partial charge in [0.25, 0.3) is 0 Å². The Morgan fingerprint density at radius 2 is 2.09 bits per heavy atom. The second-order valence-corrected chi connectivity index (χ2v) is 6.55. The third-order valence-electron chi connectivity index (χ3n) is 4.09. The monoisotopic (exact) mass is 323 g/mol. The van der Waals surface area contributed by atoms with Gasteiger partial charge in [-0.2, -0.15) is 0 Å². The lowest BCUT2D eigenvalue weighted by Gasteiger charge is -2.20. The van der Waals surface area contributed by atoms with E-state index in [2.05, 4.69) is 19.2 Å². The number of carbonyl (C=O) groups excluding carboxylic acids is 1. The maximum absolute atomic E-state index is 12.4. The number of rotatable bonds is 8. The first-order chi connectivity index (χ1) is 11.0. The number of hydrogen-bond donors (Lipinski definition) is 2. The Morgan fingerprint density at radius 3 is 2.65 bits per heavy atom. The summed E-state index contributed by atoms with van der Waals surface area (Å²) in [6, 6.07) is 3.23. The molecule has 1 fully saturated rings.